The second-order valence-electron chi connectivity index (χ2n) is 7.45. The van der Waals surface area contributed by atoms with E-state index in [1.165, 1.54) is 0 Å². The summed E-state index contributed by atoms with van der Waals surface area (Å²) in [6.45, 7) is 5.95. The lowest BCUT2D eigenvalue weighted by Gasteiger charge is -2.12. The van der Waals surface area contributed by atoms with Crippen LogP contribution in [0.2, 0.25) is 0 Å². The van der Waals surface area contributed by atoms with E-state index in [0.29, 0.717) is 12.3 Å². The molecule has 1 aromatic carbocycles. The molecule has 0 fully saturated rings. The molecule has 0 unspecified atom stereocenters. The summed E-state index contributed by atoms with van der Waals surface area (Å²) in [5, 5.41) is 8.19. The molecule has 0 atom stereocenters. The number of amides is 2. The largest absolute Gasteiger partial charge is 0.479 e. The van der Waals surface area contributed by atoms with Crippen LogP contribution in [0.15, 0.2) is 24.3 Å². The van der Waals surface area contributed by atoms with Crippen LogP contribution in [0.5, 0.6) is 5.88 Å². The molecule has 0 radical (unpaired) electrons. The molecule has 0 aliphatic heterocycles. The minimum absolute atomic E-state index is 0.0585. The van der Waals surface area contributed by atoms with Crippen molar-refractivity contribution in [1.29, 1.82) is 0 Å². The highest BCUT2D eigenvalue weighted by molar-refractivity contribution is 5.87. The average Bonchev–Trinajstić information content (AvgIpc) is 3.07. The van der Waals surface area contributed by atoms with Crippen LogP contribution < -0.4 is 20.9 Å². The number of hydrogen-bond acceptors (Lipinski definition) is 6. The van der Waals surface area contributed by atoms with Crippen molar-refractivity contribution in [3.8, 4) is 5.88 Å². The monoisotopic (exact) mass is 424 g/mol. The van der Waals surface area contributed by atoms with Gasteiger partial charge in [-0.25, -0.2) is 9.67 Å². The van der Waals surface area contributed by atoms with Crippen molar-refractivity contribution in [2.45, 2.75) is 33.6 Å². The van der Waals surface area contributed by atoms with Crippen molar-refractivity contribution < 1.29 is 14.3 Å². The number of nitrogens with zero attached hydrogens (tertiary/aromatic N) is 3. The normalized spacial score (nSPS) is 10.7. The second-order valence-corrected chi connectivity index (χ2v) is 7.45. The summed E-state index contributed by atoms with van der Waals surface area (Å²) in [7, 11) is 3.39. The molecule has 2 amide bonds. The Morgan fingerprint density at radius 2 is 1.74 bits per heavy atom. The lowest BCUT2D eigenvalue weighted by Crippen LogP contribution is -2.44. The summed E-state index contributed by atoms with van der Waals surface area (Å²) < 4.78 is 7.06. The van der Waals surface area contributed by atoms with Crippen molar-refractivity contribution in [2.24, 2.45) is 7.05 Å². The van der Waals surface area contributed by atoms with Gasteiger partial charge in [-0.3, -0.25) is 20.4 Å². The number of nitrogens with one attached hydrogen (secondary N) is 3. The van der Waals surface area contributed by atoms with E-state index >= 15 is 0 Å². The molecule has 0 saturated carbocycles. The maximum absolute atomic E-state index is 12.2. The molecular weight excluding hydrogens is 396 g/mol. The molecule has 0 bridgehead atoms. The van der Waals surface area contributed by atoms with E-state index in [1.54, 1.807) is 11.8 Å². The number of hydrazine groups is 1. The minimum Gasteiger partial charge on any atom is -0.479 e. The molecule has 0 saturated heterocycles. The molecule has 3 aromatic rings. The van der Waals surface area contributed by atoms with Gasteiger partial charge in [0, 0.05) is 24.8 Å². The molecule has 0 aliphatic carbocycles. The zero-order valence-electron chi connectivity index (χ0n) is 18.5. The summed E-state index contributed by atoms with van der Waals surface area (Å²) in [5.74, 6) is -0.0910. The molecule has 31 heavy (non-hydrogen) atoms. The summed E-state index contributed by atoms with van der Waals surface area (Å²) in [4.78, 5) is 28.8. The number of fused-ring (bicyclic) bond motifs is 1. The van der Waals surface area contributed by atoms with Crippen molar-refractivity contribution in [3.63, 3.8) is 0 Å². The smallest absolute Gasteiger partial charge is 0.257 e. The summed E-state index contributed by atoms with van der Waals surface area (Å²) in [6, 6.07) is 7.71. The number of hydrogen-bond donors (Lipinski definition) is 3. The van der Waals surface area contributed by atoms with E-state index in [0.717, 1.165) is 39.1 Å². The predicted octanol–water partition coefficient (Wildman–Crippen LogP) is 2.09. The fourth-order valence-corrected chi connectivity index (χ4v) is 3.45. The first-order chi connectivity index (χ1) is 14.8. The summed E-state index contributed by atoms with van der Waals surface area (Å²) >= 11 is 0. The van der Waals surface area contributed by atoms with Gasteiger partial charge in [-0.1, -0.05) is 17.7 Å². The highest BCUT2D eigenvalue weighted by Crippen LogP contribution is 2.30. The molecule has 2 heterocycles. The number of aromatic nitrogens is 3. The predicted molar refractivity (Wildman–Crippen MR) is 119 cm³/mol. The molecule has 9 nitrogen and oxygen atoms in total. The first-order valence-electron chi connectivity index (χ1n) is 10.0. The van der Waals surface area contributed by atoms with Crippen molar-refractivity contribution in [2.75, 3.05) is 19.0 Å². The average molecular weight is 425 g/mol. The highest BCUT2D eigenvalue weighted by Gasteiger charge is 2.18. The Labute approximate surface area is 181 Å². The number of carbonyl (C=O) groups is 2. The van der Waals surface area contributed by atoms with Crippen molar-refractivity contribution in [3.05, 3.63) is 46.6 Å². The molecule has 0 spiro atoms. The van der Waals surface area contributed by atoms with E-state index in [-0.39, 0.29) is 24.8 Å². The number of methoxy groups -OCH3 is 1. The van der Waals surface area contributed by atoms with Gasteiger partial charge in [0.15, 0.2) is 5.65 Å². The maximum atomic E-state index is 12.2. The molecule has 3 rings (SSSR count). The molecule has 0 aliphatic rings. The Morgan fingerprint density at radius 3 is 2.42 bits per heavy atom. The summed E-state index contributed by atoms with van der Waals surface area (Å²) in [6.07, 6.45) is 0.699. The standard InChI is InChI=1S/C22H28N6O3/c1-13-6-8-16(9-7-13)23-12-19(30)26-25-18(29)11-10-17-14(2)20-21(24-15(17)3)28(4)27-22(20)31-5/h6-9,23H,10-12H2,1-5H3,(H,25,29)(H,26,30). The SMILES string of the molecule is COc1nn(C)c2nc(C)c(CCC(=O)NNC(=O)CNc3ccc(C)cc3)c(C)c12. The molecular formula is C22H28N6O3. The number of aryl methyl sites for hydroxylation is 4. The molecule has 164 valence electrons. The lowest BCUT2D eigenvalue weighted by molar-refractivity contribution is -0.128. The number of carbonyl (C=O) groups excluding carboxylic acids is 2. The van der Waals surface area contributed by atoms with E-state index in [1.807, 2.05) is 52.1 Å². The van der Waals surface area contributed by atoms with Crippen LogP contribution in [0.4, 0.5) is 5.69 Å². The fraction of sp³-hybridized carbons (Fsp3) is 0.364. The van der Waals surface area contributed by atoms with Gasteiger partial charge in [0.1, 0.15) is 0 Å². The fourth-order valence-electron chi connectivity index (χ4n) is 3.45. The van der Waals surface area contributed by atoms with Gasteiger partial charge < -0.3 is 10.1 Å². The number of benzene rings is 1. The van der Waals surface area contributed by atoms with Gasteiger partial charge in [0.05, 0.1) is 19.0 Å². The topological polar surface area (TPSA) is 110 Å². The number of anilines is 1. The second kappa shape index (κ2) is 9.46. The first kappa shape index (κ1) is 22.1. The third-order valence-electron chi connectivity index (χ3n) is 5.16. The van der Waals surface area contributed by atoms with Gasteiger partial charge in [-0.15, -0.1) is 5.10 Å². The molecule has 3 N–H and O–H groups in total. The minimum atomic E-state index is -0.329. The zero-order chi connectivity index (χ0) is 22.5. The number of ether oxygens (including phenoxy) is 1. The van der Waals surface area contributed by atoms with Crippen LogP contribution in [0.1, 0.15) is 28.8 Å². The van der Waals surface area contributed by atoms with Gasteiger partial charge in [-0.05, 0) is 50.5 Å². The van der Waals surface area contributed by atoms with Gasteiger partial charge in [-0.2, -0.15) is 0 Å². The Bertz CT molecular complexity index is 1100. The zero-order valence-corrected chi connectivity index (χ0v) is 18.5. The Kier molecular flexibility index (Phi) is 6.74. The van der Waals surface area contributed by atoms with Crippen LogP contribution in [-0.2, 0) is 23.1 Å². The van der Waals surface area contributed by atoms with E-state index in [4.69, 9.17) is 4.74 Å². The number of pyridine rings is 1. The van der Waals surface area contributed by atoms with Gasteiger partial charge in [0.2, 0.25) is 11.8 Å². The van der Waals surface area contributed by atoms with Crippen LogP contribution in [0, 0.1) is 20.8 Å². The Morgan fingerprint density at radius 1 is 1.06 bits per heavy atom. The van der Waals surface area contributed by atoms with E-state index in [9.17, 15) is 9.59 Å². The molecule has 2 aromatic heterocycles. The van der Waals surface area contributed by atoms with E-state index < -0.39 is 0 Å². The number of rotatable bonds is 7. The van der Waals surface area contributed by atoms with Crippen molar-refractivity contribution in [1.82, 2.24) is 25.6 Å². The Hall–Kier alpha value is -3.62. The first-order valence-corrected chi connectivity index (χ1v) is 10.0. The third kappa shape index (κ3) is 5.11. The third-order valence-corrected chi connectivity index (χ3v) is 5.16. The van der Waals surface area contributed by atoms with Gasteiger partial charge in [0.25, 0.3) is 5.91 Å². The van der Waals surface area contributed by atoms with Crippen LogP contribution in [-0.4, -0.2) is 40.2 Å². The summed E-state index contributed by atoms with van der Waals surface area (Å²) in [5.41, 5.74) is 10.4. The lowest BCUT2D eigenvalue weighted by atomic mass is 10.00. The maximum Gasteiger partial charge on any atom is 0.257 e. The van der Waals surface area contributed by atoms with Crippen LogP contribution in [0.25, 0.3) is 11.0 Å². The van der Waals surface area contributed by atoms with Crippen molar-refractivity contribution >= 4 is 28.5 Å². The quantitative estimate of drug-likeness (QED) is 0.501. The molecule has 9 heteroatoms. The van der Waals surface area contributed by atoms with Gasteiger partial charge >= 0.3 is 0 Å². The Balaban J connectivity index is 1.54. The van der Waals surface area contributed by atoms with Crippen LogP contribution >= 0.6 is 0 Å². The highest BCUT2D eigenvalue weighted by atomic mass is 16.5. The van der Waals surface area contributed by atoms with Crippen LogP contribution in [0.3, 0.4) is 0 Å². The van der Waals surface area contributed by atoms with E-state index in [2.05, 4.69) is 26.3 Å².